The van der Waals surface area contributed by atoms with Crippen molar-refractivity contribution in [1.82, 2.24) is 0 Å². The highest BCUT2D eigenvalue weighted by atomic mass is 14.7. The lowest BCUT2D eigenvalue weighted by Crippen LogP contribution is -2.39. The maximum atomic E-state index is 6.35. The van der Waals surface area contributed by atoms with Crippen molar-refractivity contribution in [3.63, 3.8) is 0 Å². The second-order valence-corrected chi connectivity index (χ2v) is 6.42. The van der Waals surface area contributed by atoms with Crippen LogP contribution in [0.4, 0.5) is 0 Å². The van der Waals surface area contributed by atoms with Crippen LogP contribution in [0.1, 0.15) is 59.3 Å². The molecule has 0 spiro atoms. The highest BCUT2D eigenvalue weighted by molar-refractivity contribution is 5.03. The molecule has 82 valence electrons. The molecule has 0 radical (unpaired) electrons. The maximum absolute atomic E-state index is 6.35. The van der Waals surface area contributed by atoms with Crippen LogP contribution in [0.5, 0.6) is 0 Å². The highest BCUT2D eigenvalue weighted by Gasteiger charge is 2.51. The van der Waals surface area contributed by atoms with Crippen LogP contribution in [0.3, 0.4) is 0 Å². The molecule has 0 saturated heterocycles. The molecule has 4 atom stereocenters. The van der Waals surface area contributed by atoms with Gasteiger partial charge >= 0.3 is 0 Å². The third kappa shape index (κ3) is 1.98. The molecule has 3 unspecified atom stereocenters. The minimum Gasteiger partial charge on any atom is -0.325 e. The van der Waals surface area contributed by atoms with E-state index in [2.05, 4.69) is 20.8 Å². The number of rotatable bonds is 1. The Morgan fingerprint density at radius 1 is 1.21 bits per heavy atom. The Morgan fingerprint density at radius 2 is 1.93 bits per heavy atom. The van der Waals surface area contributed by atoms with E-state index < -0.39 is 0 Å². The number of nitrogens with two attached hydrogens (primary N) is 1. The maximum Gasteiger partial charge on any atom is 0.0128 e. The highest BCUT2D eigenvalue weighted by Crippen LogP contribution is 2.60. The van der Waals surface area contributed by atoms with Gasteiger partial charge in [0.15, 0.2) is 0 Å². The molecule has 14 heavy (non-hydrogen) atoms. The summed E-state index contributed by atoms with van der Waals surface area (Å²) < 4.78 is 0. The Labute approximate surface area is 88.4 Å². The Morgan fingerprint density at radius 3 is 2.57 bits per heavy atom. The second-order valence-electron chi connectivity index (χ2n) is 6.42. The predicted octanol–water partition coefficient (Wildman–Crippen LogP) is 3.33. The molecule has 2 aliphatic rings. The Kier molecular flexibility index (Phi) is 2.42. The van der Waals surface area contributed by atoms with Crippen LogP contribution in [-0.2, 0) is 0 Å². The van der Waals surface area contributed by atoms with E-state index in [9.17, 15) is 0 Å². The normalized spacial score (nSPS) is 53.1. The summed E-state index contributed by atoms with van der Waals surface area (Å²) in [5.41, 5.74) is 7.14. The zero-order valence-corrected chi connectivity index (χ0v) is 9.97. The molecule has 2 aliphatic carbocycles. The Bertz CT molecular complexity index is 221. The molecule has 0 aromatic heterocycles. The lowest BCUT2D eigenvalue weighted by Gasteiger charge is -2.33. The molecule has 2 N–H and O–H groups in total. The minimum absolute atomic E-state index is 0.108. The van der Waals surface area contributed by atoms with Crippen molar-refractivity contribution in [1.29, 1.82) is 0 Å². The lowest BCUT2D eigenvalue weighted by atomic mass is 9.77. The molecule has 0 amide bonds. The van der Waals surface area contributed by atoms with Gasteiger partial charge in [0, 0.05) is 5.54 Å². The van der Waals surface area contributed by atoms with E-state index in [0.717, 1.165) is 11.8 Å². The topological polar surface area (TPSA) is 26.0 Å². The summed E-state index contributed by atoms with van der Waals surface area (Å²) in [5, 5.41) is 0. The molecule has 0 aromatic carbocycles. The third-order valence-electron chi connectivity index (χ3n) is 4.76. The zero-order chi connectivity index (χ0) is 10.4. The molecule has 0 aliphatic heterocycles. The summed E-state index contributed by atoms with van der Waals surface area (Å²) in [6.45, 7) is 7.04. The van der Waals surface area contributed by atoms with Crippen molar-refractivity contribution in [3.8, 4) is 0 Å². The number of hydrogen-bond acceptors (Lipinski definition) is 1. The van der Waals surface area contributed by atoms with Crippen LogP contribution < -0.4 is 5.73 Å². The van der Waals surface area contributed by atoms with Gasteiger partial charge in [0.1, 0.15) is 0 Å². The molecule has 0 aromatic rings. The van der Waals surface area contributed by atoms with Crippen LogP contribution >= 0.6 is 0 Å². The molecule has 2 rings (SSSR count). The second kappa shape index (κ2) is 3.23. The molecule has 2 saturated carbocycles. The van der Waals surface area contributed by atoms with Gasteiger partial charge in [-0.2, -0.15) is 0 Å². The fourth-order valence-electron chi connectivity index (χ4n) is 3.31. The smallest absolute Gasteiger partial charge is 0.0128 e. The van der Waals surface area contributed by atoms with Crippen molar-refractivity contribution in [2.45, 2.75) is 64.8 Å². The SMILES string of the molecule is CCC1CC2CC2(C)CC[C@@](C)(N)C1. The van der Waals surface area contributed by atoms with Gasteiger partial charge in [-0.25, -0.2) is 0 Å². The summed E-state index contributed by atoms with van der Waals surface area (Å²) >= 11 is 0. The monoisotopic (exact) mass is 195 g/mol. The van der Waals surface area contributed by atoms with E-state index in [1.165, 1.54) is 38.5 Å². The molecular formula is C13H25N. The minimum atomic E-state index is 0.108. The van der Waals surface area contributed by atoms with Crippen LogP contribution in [0.2, 0.25) is 0 Å². The fourth-order valence-corrected chi connectivity index (χ4v) is 3.31. The van der Waals surface area contributed by atoms with Gasteiger partial charge in [-0.15, -0.1) is 0 Å². The van der Waals surface area contributed by atoms with E-state index in [-0.39, 0.29) is 5.54 Å². The number of fused-ring (bicyclic) bond motifs is 1. The summed E-state index contributed by atoms with van der Waals surface area (Å²) in [7, 11) is 0. The lowest BCUT2D eigenvalue weighted by molar-refractivity contribution is 0.231. The average Bonchev–Trinajstić information content (AvgIpc) is 2.71. The first-order valence-electron chi connectivity index (χ1n) is 6.24. The quantitative estimate of drug-likeness (QED) is 0.682. The first kappa shape index (κ1) is 10.5. The van der Waals surface area contributed by atoms with Gasteiger partial charge in [-0.05, 0) is 56.3 Å². The summed E-state index contributed by atoms with van der Waals surface area (Å²) in [4.78, 5) is 0. The first-order valence-corrected chi connectivity index (χ1v) is 6.24. The van der Waals surface area contributed by atoms with Gasteiger partial charge in [-0.1, -0.05) is 20.3 Å². The van der Waals surface area contributed by atoms with E-state index in [4.69, 9.17) is 5.73 Å². The predicted molar refractivity (Wildman–Crippen MR) is 61.1 cm³/mol. The van der Waals surface area contributed by atoms with Crippen LogP contribution in [0.25, 0.3) is 0 Å². The van der Waals surface area contributed by atoms with Gasteiger partial charge in [0.25, 0.3) is 0 Å². The molecule has 2 fully saturated rings. The largest absolute Gasteiger partial charge is 0.325 e. The van der Waals surface area contributed by atoms with Crippen molar-refractivity contribution >= 4 is 0 Å². The van der Waals surface area contributed by atoms with Crippen molar-refractivity contribution in [2.75, 3.05) is 0 Å². The summed E-state index contributed by atoms with van der Waals surface area (Å²) in [6, 6.07) is 0. The van der Waals surface area contributed by atoms with E-state index >= 15 is 0 Å². The summed E-state index contributed by atoms with van der Waals surface area (Å²) in [6.07, 6.45) is 8.08. The summed E-state index contributed by atoms with van der Waals surface area (Å²) in [5.74, 6) is 1.92. The zero-order valence-electron chi connectivity index (χ0n) is 9.97. The van der Waals surface area contributed by atoms with E-state index in [1.807, 2.05) is 0 Å². The molecule has 1 heteroatoms. The Balaban J connectivity index is 2.05. The molecule has 1 nitrogen and oxygen atoms in total. The van der Waals surface area contributed by atoms with Crippen molar-refractivity contribution in [2.24, 2.45) is 23.0 Å². The van der Waals surface area contributed by atoms with Crippen LogP contribution in [-0.4, -0.2) is 5.54 Å². The molecule has 0 heterocycles. The first-order chi connectivity index (χ1) is 6.45. The standard InChI is InChI=1S/C13H25N/c1-4-10-7-11-9-12(11,2)5-6-13(3,14)8-10/h10-11H,4-9,14H2,1-3H3/t10?,11?,12?,13-/m1/s1. The van der Waals surface area contributed by atoms with E-state index in [1.54, 1.807) is 0 Å². The van der Waals surface area contributed by atoms with Crippen LogP contribution in [0, 0.1) is 17.3 Å². The van der Waals surface area contributed by atoms with Crippen molar-refractivity contribution in [3.05, 3.63) is 0 Å². The van der Waals surface area contributed by atoms with Crippen LogP contribution in [0.15, 0.2) is 0 Å². The average molecular weight is 195 g/mol. The van der Waals surface area contributed by atoms with Gasteiger partial charge in [0.05, 0.1) is 0 Å². The third-order valence-corrected chi connectivity index (χ3v) is 4.76. The Hall–Kier alpha value is -0.0400. The van der Waals surface area contributed by atoms with Gasteiger partial charge in [-0.3, -0.25) is 0 Å². The number of hydrogen-bond donors (Lipinski definition) is 1. The molecule has 0 bridgehead atoms. The van der Waals surface area contributed by atoms with Gasteiger partial charge < -0.3 is 5.73 Å². The van der Waals surface area contributed by atoms with Gasteiger partial charge in [0.2, 0.25) is 0 Å². The van der Waals surface area contributed by atoms with Crippen molar-refractivity contribution < 1.29 is 0 Å². The molecular weight excluding hydrogens is 170 g/mol. The fraction of sp³-hybridized carbons (Fsp3) is 1.00. The van der Waals surface area contributed by atoms with E-state index in [0.29, 0.717) is 5.41 Å².